The van der Waals surface area contributed by atoms with E-state index in [0.29, 0.717) is 11.6 Å². The van der Waals surface area contributed by atoms with Crippen molar-refractivity contribution in [1.29, 1.82) is 0 Å². The molecule has 0 aromatic carbocycles. The van der Waals surface area contributed by atoms with Gasteiger partial charge in [0.05, 0.1) is 12.4 Å². The second kappa shape index (κ2) is 6.33. The molecular weight excluding hydrogens is 246 g/mol. The van der Waals surface area contributed by atoms with Gasteiger partial charge in [-0.15, -0.1) is 0 Å². The molecule has 7 nitrogen and oxygen atoms in total. The highest BCUT2D eigenvalue weighted by atomic mass is 16.5. The number of nitrogens with zero attached hydrogens (tertiary/aromatic N) is 4. The number of nitrogens with two attached hydrogens (primary N) is 1. The van der Waals surface area contributed by atoms with Crippen LogP contribution in [0.4, 0.5) is 5.82 Å². The number of hydrogen-bond acceptors (Lipinski definition) is 6. The van der Waals surface area contributed by atoms with Crippen molar-refractivity contribution in [3.8, 4) is 0 Å². The number of ether oxygens (including phenoxy) is 1. The zero-order valence-corrected chi connectivity index (χ0v) is 11.0. The summed E-state index contributed by atoms with van der Waals surface area (Å²) in [6.07, 6.45) is 5.37. The summed E-state index contributed by atoms with van der Waals surface area (Å²) in [7, 11) is 1.74. The van der Waals surface area contributed by atoms with Crippen LogP contribution in [0, 0.1) is 5.92 Å². The maximum absolute atomic E-state index is 8.56. The van der Waals surface area contributed by atoms with E-state index in [1.807, 2.05) is 0 Å². The molecule has 1 aromatic rings. The molecule has 0 atom stereocenters. The molecule has 0 bridgehead atoms. The summed E-state index contributed by atoms with van der Waals surface area (Å²) in [5.74, 6) is 1.42. The van der Waals surface area contributed by atoms with Gasteiger partial charge in [0.1, 0.15) is 11.5 Å². The van der Waals surface area contributed by atoms with Gasteiger partial charge in [0, 0.05) is 26.8 Å². The van der Waals surface area contributed by atoms with Crippen LogP contribution in [0.15, 0.2) is 17.5 Å². The van der Waals surface area contributed by atoms with Gasteiger partial charge in [-0.3, -0.25) is 0 Å². The van der Waals surface area contributed by atoms with Gasteiger partial charge in [-0.1, -0.05) is 5.16 Å². The topological polar surface area (TPSA) is 96.9 Å². The van der Waals surface area contributed by atoms with Gasteiger partial charge in [0.15, 0.2) is 5.84 Å². The third-order valence-electron chi connectivity index (χ3n) is 3.35. The third kappa shape index (κ3) is 3.31. The second-order valence-electron chi connectivity index (χ2n) is 4.63. The van der Waals surface area contributed by atoms with Crippen LogP contribution in [0.3, 0.4) is 0 Å². The first-order valence-electron chi connectivity index (χ1n) is 6.28. The molecule has 0 spiro atoms. The van der Waals surface area contributed by atoms with Crippen molar-refractivity contribution in [1.82, 2.24) is 9.97 Å². The fourth-order valence-electron chi connectivity index (χ4n) is 2.23. The Labute approximate surface area is 112 Å². The van der Waals surface area contributed by atoms with E-state index in [1.165, 1.54) is 6.20 Å². The lowest BCUT2D eigenvalue weighted by Gasteiger charge is -2.32. The van der Waals surface area contributed by atoms with Crippen LogP contribution in [-0.2, 0) is 4.74 Å². The Balaban J connectivity index is 1.96. The van der Waals surface area contributed by atoms with Crippen molar-refractivity contribution < 1.29 is 9.94 Å². The standard InChI is InChI=1S/C12H19N5O2/c1-19-8-9-2-4-17(5-3-9)11-7-14-10(6-15-11)12(13)16-18/h6-7,9,18H,2-5,8H2,1H3,(H2,13,16). The Morgan fingerprint density at radius 1 is 1.47 bits per heavy atom. The molecule has 19 heavy (non-hydrogen) atoms. The normalized spacial score (nSPS) is 17.7. The van der Waals surface area contributed by atoms with Crippen LogP contribution in [0.5, 0.6) is 0 Å². The van der Waals surface area contributed by atoms with Crippen molar-refractivity contribution in [2.75, 3.05) is 31.7 Å². The highest BCUT2D eigenvalue weighted by Gasteiger charge is 2.20. The first kappa shape index (κ1) is 13.5. The average molecular weight is 265 g/mol. The Hall–Kier alpha value is -1.89. The van der Waals surface area contributed by atoms with Gasteiger partial charge in [-0.2, -0.15) is 0 Å². The molecule has 1 aromatic heterocycles. The van der Waals surface area contributed by atoms with E-state index in [4.69, 9.17) is 15.7 Å². The lowest BCUT2D eigenvalue weighted by atomic mass is 9.98. The fourth-order valence-corrected chi connectivity index (χ4v) is 2.23. The smallest absolute Gasteiger partial charge is 0.190 e. The molecule has 104 valence electrons. The van der Waals surface area contributed by atoms with Gasteiger partial charge in [-0.25, -0.2) is 9.97 Å². The predicted molar refractivity (Wildman–Crippen MR) is 71.4 cm³/mol. The minimum atomic E-state index is -0.0298. The van der Waals surface area contributed by atoms with E-state index in [0.717, 1.165) is 38.4 Å². The maximum Gasteiger partial charge on any atom is 0.190 e. The van der Waals surface area contributed by atoms with Crippen molar-refractivity contribution in [3.05, 3.63) is 18.1 Å². The number of methoxy groups -OCH3 is 1. The highest BCUT2D eigenvalue weighted by molar-refractivity contribution is 5.94. The van der Waals surface area contributed by atoms with E-state index >= 15 is 0 Å². The number of hydrogen-bond donors (Lipinski definition) is 2. The summed E-state index contributed by atoms with van der Waals surface area (Å²) in [5, 5.41) is 11.5. The van der Waals surface area contributed by atoms with E-state index in [2.05, 4.69) is 20.0 Å². The predicted octanol–water partition coefficient (Wildman–Crippen LogP) is 0.434. The summed E-state index contributed by atoms with van der Waals surface area (Å²) in [4.78, 5) is 10.6. The van der Waals surface area contributed by atoms with Crippen LogP contribution < -0.4 is 10.6 Å². The van der Waals surface area contributed by atoms with Crippen LogP contribution in [-0.4, -0.2) is 47.8 Å². The third-order valence-corrected chi connectivity index (χ3v) is 3.35. The molecule has 0 saturated carbocycles. The minimum Gasteiger partial charge on any atom is -0.409 e. The van der Waals surface area contributed by atoms with Crippen LogP contribution in [0.25, 0.3) is 0 Å². The SMILES string of the molecule is COCC1CCN(c2cnc(C(N)=NO)cn2)CC1. The van der Waals surface area contributed by atoms with Crippen molar-refractivity contribution in [2.24, 2.45) is 16.8 Å². The molecule has 0 amide bonds. The summed E-state index contributed by atoms with van der Waals surface area (Å²) in [6, 6.07) is 0. The Kier molecular flexibility index (Phi) is 4.51. The van der Waals surface area contributed by atoms with Crippen molar-refractivity contribution in [2.45, 2.75) is 12.8 Å². The summed E-state index contributed by atoms with van der Waals surface area (Å²) in [5.41, 5.74) is 5.82. The monoisotopic (exact) mass is 265 g/mol. The van der Waals surface area contributed by atoms with Crippen molar-refractivity contribution >= 4 is 11.7 Å². The van der Waals surface area contributed by atoms with Gasteiger partial charge in [0.25, 0.3) is 0 Å². The molecule has 3 N–H and O–H groups in total. The number of oxime groups is 1. The molecule has 0 radical (unpaired) electrons. The quantitative estimate of drug-likeness (QED) is 0.355. The number of amidine groups is 1. The molecule has 2 rings (SSSR count). The molecule has 1 saturated heterocycles. The molecule has 1 aliphatic heterocycles. The molecular formula is C12H19N5O2. The summed E-state index contributed by atoms with van der Waals surface area (Å²) >= 11 is 0. The van der Waals surface area contributed by atoms with Gasteiger partial charge in [-0.05, 0) is 18.8 Å². The van der Waals surface area contributed by atoms with Gasteiger partial charge >= 0.3 is 0 Å². The number of aromatic nitrogens is 2. The number of piperidine rings is 1. The van der Waals surface area contributed by atoms with Gasteiger partial charge in [0.2, 0.25) is 0 Å². The molecule has 1 aliphatic rings. The maximum atomic E-state index is 8.56. The van der Waals surface area contributed by atoms with E-state index in [1.54, 1.807) is 13.3 Å². The van der Waals surface area contributed by atoms with Crippen molar-refractivity contribution in [3.63, 3.8) is 0 Å². The zero-order valence-electron chi connectivity index (χ0n) is 11.0. The minimum absolute atomic E-state index is 0.0298. The number of anilines is 1. The largest absolute Gasteiger partial charge is 0.409 e. The first-order chi connectivity index (χ1) is 9.24. The molecule has 1 fully saturated rings. The number of rotatable bonds is 4. The Bertz CT molecular complexity index is 426. The summed E-state index contributed by atoms with van der Waals surface area (Å²) < 4.78 is 5.18. The molecule has 7 heteroatoms. The van der Waals surface area contributed by atoms with E-state index in [-0.39, 0.29) is 5.84 Å². The van der Waals surface area contributed by atoms with E-state index in [9.17, 15) is 0 Å². The van der Waals surface area contributed by atoms with Crippen LogP contribution in [0.1, 0.15) is 18.5 Å². The second-order valence-corrected chi connectivity index (χ2v) is 4.63. The van der Waals surface area contributed by atoms with Crippen LogP contribution in [0.2, 0.25) is 0 Å². The lowest BCUT2D eigenvalue weighted by Crippen LogP contribution is -2.35. The molecule has 0 aliphatic carbocycles. The van der Waals surface area contributed by atoms with E-state index < -0.39 is 0 Å². The lowest BCUT2D eigenvalue weighted by molar-refractivity contribution is 0.139. The van der Waals surface area contributed by atoms with Crippen LogP contribution >= 0.6 is 0 Å². The Morgan fingerprint density at radius 2 is 2.21 bits per heavy atom. The van der Waals surface area contributed by atoms with Gasteiger partial charge < -0.3 is 20.6 Å². The Morgan fingerprint density at radius 3 is 2.74 bits per heavy atom. The average Bonchev–Trinajstić information content (AvgIpc) is 2.48. The first-order valence-corrected chi connectivity index (χ1v) is 6.28. The molecule has 0 unspecified atom stereocenters. The summed E-state index contributed by atoms with van der Waals surface area (Å²) in [6.45, 7) is 2.72. The highest BCUT2D eigenvalue weighted by Crippen LogP contribution is 2.21. The molecule has 2 heterocycles. The fraction of sp³-hybridized carbons (Fsp3) is 0.583. The zero-order chi connectivity index (χ0) is 13.7.